The van der Waals surface area contributed by atoms with Gasteiger partial charge in [-0.3, -0.25) is 19.0 Å². The van der Waals surface area contributed by atoms with Crippen LogP contribution in [0.1, 0.15) is 77.8 Å². The lowest BCUT2D eigenvalue weighted by Crippen LogP contribution is -2.49. The molecule has 51 heavy (non-hydrogen) atoms. The van der Waals surface area contributed by atoms with Gasteiger partial charge < -0.3 is 14.4 Å². The van der Waals surface area contributed by atoms with Crippen molar-refractivity contribution in [2.24, 2.45) is 23.2 Å². The molecule has 2 aliphatic heterocycles. The summed E-state index contributed by atoms with van der Waals surface area (Å²) in [6, 6.07) is 13.5. The van der Waals surface area contributed by atoms with Crippen molar-refractivity contribution < 1.29 is 23.3 Å². The number of aromatic nitrogens is 2. The third-order valence-corrected chi connectivity index (χ3v) is 13.3. The second-order valence-electron chi connectivity index (χ2n) is 14.7. The lowest BCUT2D eigenvalue weighted by molar-refractivity contribution is -0.119. The second-order valence-corrected chi connectivity index (χ2v) is 17.2. The van der Waals surface area contributed by atoms with Gasteiger partial charge >= 0.3 is 0 Å². The fourth-order valence-corrected chi connectivity index (χ4v) is 10.3. The molecule has 2 aromatic carbocycles. The molecule has 1 fully saturated rings. The van der Waals surface area contributed by atoms with E-state index in [-0.39, 0.29) is 23.7 Å². The zero-order valence-corrected chi connectivity index (χ0v) is 31.3. The zero-order chi connectivity index (χ0) is 35.8. The van der Waals surface area contributed by atoms with Crippen molar-refractivity contribution in [3.63, 3.8) is 0 Å². The number of amides is 2. The van der Waals surface area contributed by atoms with Gasteiger partial charge in [-0.1, -0.05) is 29.8 Å². The Balaban J connectivity index is 1.23. The van der Waals surface area contributed by atoms with Crippen LogP contribution in [-0.4, -0.2) is 64.5 Å². The van der Waals surface area contributed by atoms with Crippen LogP contribution >= 0.6 is 11.6 Å². The number of carbonyl (C=O) groups is 2. The predicted molar refractivity (Wildman–Crippen MR) is 200 cm³/mol. The van der Waals surface area contributed by atoms with Gasteiger partial charge in [0.15, 0.2) is 0 Å². The Labute approximate surface area is 306 Å². The molecule has 1 saturated carbocycles. The molecule has 2 bridgehead atoms. The predicted octanol–water partition coefficient (Wildman–Crippen LogP) is 6.52. The van der Waals surface area contributed by atoms with Gasteiger partial charge in [-0.15, -0.1) is 4.36 Å². The highest BCUT2D eigenvalue weighted by Gasteiger charge is 2.44. The van der Waals surface area contributed by atoms with E-state index in [0.29, 0.717) is 49.0 Å². The summed E-state index contributed by atoms with van der Waals surface area (Å²) < 4.78 is 35.6. The Kier molecular flexibility index (Phi) is 10.3. The fourth-order valence-electron chi connectivity index (χ4n) is 8.48. The number of nitrogens with zero attached hydrogens (tertiary/aromatic N) is 4. The highest BCUT2D eigenvalue weighted by molar-refractivity contribution is 7.92. The fraction of sp³-hybridized carbons (Fsp3) is 0.513. The molecule has 0 saturated heterocycles. The molecule has 12 heteroatoms. The number of hydrogen-bond donors (Lipinski definition) is 1. The Bertz CT molecular complexity index is 1970. The number of methoxy groups -OCH3 is 1. The summed E-state index contributed by atoms with van der Waals surface area (Å²) in [5.41, 5.74) is 5.20. The lowest BCUT2D eigenvalue weighted by atomic mass is 9.68. The highest BCUT2D eigenvalue weighted by Crippen LogP contribution is 2.47. The number of nitrogens with one attached hydrogen (secondary N) is 1. The molecule has 272 valence electrons. The van der Waals surface area contributed by atoms with E-state index in [1.54, 1.807) is 17.9 Å². The molecule has 1 N–H and O–H groups in total. The minimum atomic E-state index is -3.42. The van der Waals surface area contributed by atoms with Crippen LogP contribution in [0.2, 0.25) is 5.02 Å². The van der Waals surface area contributed by atoms with E-state index in [1.807, 2.05) is 38.2 Å². The van der Waals surface area contributed by atoms with Crippen molar-refractivity contribution in [3.8, 4) is 5.75 Å². The van der Waals surface area contributed by atoms with E-state index >= 15 is 0 Å². The second kappa shape index (κ2) is 14.8. The maximum atomic E-state index is 14.3. The summed E-state index contributed by atoms with van der Waals surface area (Å²) in [4.78, 5) is 29.5. The average Bonchev–Trinajstić information content (AvgIpc) is 3.33. The third-order valence-electron chi connectivity index (χ3n) is 11.2. The summed E-state index contributed by atoms with van der Waals surface area (Å²) in [5.74, 6) is 0.477. The number of hydrogen-bond acceptors (Lipinski definition) is 7. The molecule has 2 aliphatic carbocycles. The van der Waals surface area contributed by atoms with Gasteiger partial charge in [-0.05, 0) is 118 Å². The Morgan fingerprint density at radius 1 is 1.18 bits per heavy atom. The maximum Gasteiger partial charge on any atom is 0.286 e. The van der Waals surface area contributed by atoms with Crippen LogP contribution < -0.4 is 14.4 Å². The number of ether oxygens (including phenoxy) is 2. The Morgan fingerprint density at radius 2 is 2.04 bits per heavy atom. The molecule has 3 heterocycles. The average molecular weight is 734 g/mol. The van der Waals surface area contributed by atoms with Crippen LogP contribution in [0.5, 0.6) is 5.75 Å². The van der Waals surface area contributed by atoms with Crippen LogP contribution in [0.25, 0.3) is 0 Å². The normalized spacial score (nSPS) is 28.4. The van der Waals surface area contributed by atoms with E-state index in [0.717, 1.165) is 67.3 Å². The standard InChI is InChI=1S/C39H48ClN5O5S/c1-26-20-31(44(2)41-26)13-17-37(46)42-51(48)19-6-4-5-9-35(49-3)32-14-10-29(32)23-45-24-39(18-7-8-27-21-30(40)12-15-33(27)39)25-50-36-16-11-28(22-34(36)45)38(47)43-51/h5,9,11-12,15-16,20-22,29,32,35H,4,6-8,10,13-14,17-19,23-25H2,1-3H3,(H,42,43,46,47,48)/b9-5-/t29-,32+,35-,39-,51?/m0/s1. The molecule has 1 aromatic heterocycles. The van der Waals surface area contributed by atoms with Gasteiger partial charge in [-0.2, -0.15) is 5.10 Å². The van der Waals surface area contributed by atoms with Crippen LogP contribution in [0.15, 0.2) is 59.0 Å². The first kappa shape index (κ1) is 35.7. The number of aryl methyl sites for hydroxylation is 4. The van der Waals surface area contributed by atoms with E-state index in [2.05, 4.69) is 43.4 Å². The van der Waals surface area contributed by atoms with Crippen molar-refractivity contribution >= 4 is 39.0 Å². The smallest absolute Gasteiger partial charge is 0.286 e. The van der Waals surface area contributed by atoms with Gasteiger partial charge in [0, 0.05) is 55.4 Å². The first-order chi connectivity index (χ1) is 24.5. The highest BCUT2D eigenvalue weighted by atomic mass is 35.5. The molecule has 4 aliphatic rings. The quantitative estimate of drug-likeness (QED) is 0.297. The lowest BCUT2D eigenvalue weighted by Gasteiger charge is -2.46. The molecular weight excluding hydrogens is 686 g/mol. The largest absolute Gasteiger partial charge is 0.490 e. The number of carbonyl (C=O) groups excluding carboxylic acids is 2. The SMILES string of the molecule is CO[C@H]1/C=C\CCCS(=O)(NC(=O)CCc2cc(C)nn2C)=NC(=O)c2ccc3c(c2)N(C[C@@H]2CC[C@H]21)C[C@@]1(CCCc2cc(Cl)ccc21)CO3. The minimum absolute atomic E-state index is 0.0387. The summed E-state index contributed by atoms with van der Waals surface area (Å²) in [6.45, 7) is 3.92. The van der Waals surface area contributed by atoms with E-state index in [9.17, 15) is 13.8 Å². The molecule has 3 aromatic rings. The summed E-state index contributed by atoms with van der Waals surface area (Å²) in [7, 11) is 0.180. The number of anilines is 1. The number of halogens is 1. The van der Waals surface area contributed by atoms with Gasteiger partial charge in [0.1, 0.15) is 15.7 Å². The maximum absolute atomic E-state index is 14.3. The van der Waals surface area contributed by atoms with Crippen molar-refractivity contribution in [1.82, 2.24) is 14.5 Å². The Hall–Kier alpha value is -3.67. The minimum Gasteiger partial charge on any atom is -0.490 e. The van der Waals surface area contributed by atoms with Crippen LogP contribution in [0.4, 0.5) is 5.69 Å². The summed E-state index contributed by atoms with van der Waals surface area (Å²) in [5, 5.41) is 5.09. The van der Waals surface area contributed by atoms with Gasteiger partial charge in [-0.25, -0.2) is 4.21 Å². The molecule has 7 rings (SSSR count). The van der Waals surface area contributed by atoms with E-state index < -0.39 is 21.7 Å². The Morgan fingerprint density at radius 3 is 2.80 bits per heavy atom. The van der Waals surface area contributed by atoms with Gasteiger partial charge in [0.2, 0.25) is 5.91 Å². The number of rotatable bonds is 5. The topological polar surface area (TPSA) is 115 Å². The van der Waals surface area contributed by atoms with Crippen molar-refractivity contribution in [1.29, 1.82) is 0 Å². The molecular formula is C39H48ClN5O5S. The number of benzene rings is 2. The first-order valence-corrected chi connectivity index (χ1v) is 20.2. The van der Waals surface area contributed by atoms with E-state index in [1.165, 1.54) is 11.1 Å². The van der Waals surface area contributed by atoms with Crippen molar-refractivity contribution in [3.05, 3.63) is 87.7 Å². The monoisotopic (exact) mass is 733 g/mol. The van der Waals surface area contributed by atoms with Crippen molar-refractivity contribution in [2.75, 3.05) is 37.5 Å². The zero-order valence-electron chi connectivity index (χ0n) is 29.7. The molecule has 10 nitrogen and oxygen atoms in total. The third kappa shape index (κ3) is 7.62. The van der Waals surface area contributed by atoms with Gasteiger partial charge in [0.25, 0.3) is 5.91 Å². The molecule has 1 unspecified atom stereocenters. The molecule has 0 radical (unpaired) electrons. The molecule has 1 spiro atoms. The molecule has 5 atom stereocenters. The molecule has 2 amide bonds. The first-order valence-electron chi connectivity index (χ1n) is 18.1. The number of fused-ring (bicyclic) bond motifs is 4. The van der Waals surface area contributed by atoms with Crippen LogP contribution in [0, 0.1) is 18.8 Å². The van der Waals surface area contributed by atoms with Crippen LogP contribution in [0.3, 0.4) is 0 Å². The van der Waals surface area contributed by atoms with Crippen LogP contribution in [-0.2, 0) is 44.8 Å². The summed E-state index contributed by atoms with van der Waals surface area (Å²) in [6.07, 6.45) is 11.0. The van der Waals surface area contributed by atoms with Crippen molar-refractivity contribution in [2.45, 2.75) is 76.2 Å². The number of allylic oxidation sites excluding steroid dienone is 1. The summed E-state index contributed by atoms with van der Waals surface area (Å²) >= 11 is 6.45. The van der Waals surface area contributed by atoms with E-state index in [4.69, 9.17) is 21.1 Å². The van der Waals surface area contributed by atoms with Gasteiger partial charge in [0.05, 0.1) is 29.8 Å².